The van der Waals surface area contributed by atoms with E-state index in [1.54, 1.807) is 9.80 Å². The van der Waals surface area contributed by atoms with Gasteiger partial charge in [0.05, 0.1) is 13.6 Å². The Morgan fingerprint density at radius 1 is 1.14 bits per heavy atom. The number of carbonyl (C=O) groups is 1. The van der Waals surface area contributed by atoms with Crippen LogP contribution in [0.25, 0.3) is 0 Å². The van der Waals surface area contributed by atoms with Crippen molar-refractivity contribution >= 4 is 5.91 Å². The Kier molecular flexibility index (Phi) is 5.98. The zero-order valence-electron chi connectivity index (χ0n) is 14.4. The molecule has 3 N–H and O–H groups in total. The van der Waals surface area contributed by atoms with Crippen molar-refractivity contribution in [2.24, 2.45) is 5.92 Å². The fourth-order valence-corrected chi connectivity index (χ4v) is 3.05. The van der Waals surface area contributed by atoms with E-state index in [0.29, 0.717) is 6.04 Å². The van der Waals surface area contributed by atoms with Gasteiger partial charge in [0.15, 0.2) is 0 Å². The van der Waals surface area contributed by atoms with Crippen LogP contribution in [0.4, 0.5) is 0 Å². The predicted octanol–water partition coefficient (Wildman–Crippen LogP) is -0.778. The molecular weight excluding hydrogens is 274 g/mol. The summed E-state index contributed by atoms with van der Waals surface area (Å²) in [5.74, 6) is 0.196. The zero-order chi connectivity index (χ0) is 16.1. The molecule has 1 amide bonds. The number of nitrogens with one attached hydrogen (secondary N) is 3. The maximum absolute atomic E-state index is 11.9. The number of hydrogen-bond donors (Lipinski definition) is 3. The molecule has 4 nitrogen and oxygen atoms in total. The van der Waals surface area contributed by atoms with E-state index in [1.165, 1.54) is 37.3 Å². The van der Waals surface area contributed by atoms with Gasteiger partial charge in [0.1, 0.15) is 32.2 Å². The van der Waals surface area contributed by atoms with E-state index in [4.69, 9.17) is 0 Å². The largest absolute Gasteiger partial charge is 0.350 e. The number of likely N-dealkylation sites (N-methyl/N-ethyl adjacent to an activating group) is 1. The van der Waals surface area contributed by atoms with Crippen LogP contribution in [0.15, 0.2) is 24.3 Å². The van der Waals surface area contributed by atoms with Crippen molar-refractivity contribution < 1.29 is 14.6 Å². The minimum absolute atomic E-state index is 0.0469. The first-order valence-electron chi connectivity index (χ1n) is 8.47. The second kappa shape index (κ2) is 7.75. The predicted molar refractivity (Wildman–Crippen MR) is 89.1 cm³/mol. The number of amides is 1. The van der Waals surface area contributed by atoms with Crippen LogP contribution < -0.4 is 15.1 Å². The molecule has 0 saturated carbocycles. The van der Waals surface area contributed by atoms with Gasteiger partial charge >= 0.3 is 0 Å². The van der Waals surface area contributed by atoms with Gasteiger partial charge in [0.2, 0.25) is 5.91 Å². The SMILES string of the molecule is Cc1ccc([C@H](CNC(=O)C(C)C)[NH+]2CC[NH+](C)CC2)cc1. The molecule has 1 aliphatic rings. The Morgan fingerprint density at radius 2 is 1.73 bits per heavy atom. The van der Waals surface area contributed by atoms with Crippen molar-refractivity contribution in [3.8, 4) is 0 Å². The maximum atomic E-state index is 11.9. The van der Waals surface area contributed by atoms with Crippen LogP contribution in [-0.4, -0.2) is 45.7 Å². The van der Waals surface area contributed by atoms with Crippen molar-refractivity contribution in [3.05, 3.63) is 35.4 Å². The zero-order valence-corrected chi connectivity index (χ0v) is 14.4. The quantitative estimate of drug-likeness (QED) is 0.656. The molecule has 1 aromatic carbocycles. The highest BCUT2D eigenvalue weighted by Gasteiger charge is 2.29. The van der Waals surface area contributed by atoms with Gasteiger partial charge in [-0.2, -0.15) is 0 Å². The Balaban J connectivity index is 2.09. The summed E-state index contributed by atoms with van der Waals surface area (Å²) < 4.78 is 0. The Hall–Kier alpha value is -1.39. The highest BCUT2D eigenvalue weighted by molar-refractivity contribution is 5.77. The molecule has 1 fully saturated rings. The normalized spacial score (nSPS) is 23.3. The lowest BCUT2D eigenvalue weighted by Crippen LogP contribution is -3.27. The number of piperazine rings is 1. The van der Waals surface area contributed by atoms with Crippen molar-refractivity contribution in [2.45, 2.75) is 26.8 Å². The molecule has 1 aliphatic heterocycles. The first kappa shape index (κ1) is 17.0. The van der Waals surface area contributed by atoms with Crippen molar-refractivity contribution in [3.63, 3.8) is 0 Å². The Morgan fingerprint density at radius 3 is 2.27 bits per heavy atom. The number of benzene rings is 1. The van der Waals surface area contributed by atoms with E-state index < -0.39 is 0 Å². The lowest BCUT2D eigenvalue weighted by molar-refractivity contribution is -1.02. The summed E-state index contributed by atoms with van der Waals surface area (Å²) in [5, 5.41) is 3.14. The third-order valence-electron chi connectivity index (χ3n) is 4.72. The number of quaternary nitrogens is 2. The lowest BCUT2D eigenvalue weighted by atomic mass is 10.0. The third-order valence-corrected chi connectivity index (χ3v) is 4.72. The molecule has 4 heteroatoms. The molecule has 0 spiro atoms. The summed E-state index contributed by atoms with van der Waals surface area (Å²) in [6.45, 7) is 11.5. The monoisotopic (exact) mass is 305 g/mol. The van der Waals surface area contributed by atoms with Crippen molar-refractivity contribution in [1.29, 1.82) is 0 Å². The summed E-state index contributed by atoms with van der Waals surface area (Å²) in [6.07, 6.45) is 0. The minimum Gasteiger partial charge on any atom is -0.350 e. The lowest BCUT2D eigenvalue weighted by Gasteiger charge is -2.33. The number of rotatable bonds is 5. The molecule has 2 rings (SSSR count). The van der Waals surface area contributed by atoms with E-state index in [2.05, 4.69) is 43.6 Å². The average molecular weight is 305 g/mol. The van der Waals surface area contributed by atoms with Gasteiger partial charge in [-0.05, 0) is 6.92 Å². The second-order valence-electron chi connectivity index (χ2n) is 6.98. The summed E-state index contributed by atoms with van der Waals surface area (Å²) in [6, 6.07) is 9.15. The highest BCUT2D eigenvalue weighted by Crippen LogP contribution is 2.11. The highest BCUT2D eigenvalue weighted by atomic mass is 16.1. The van der Waals surface area contributed by atoms with Gasteiger partial charge in [-0.25, -0.2) is 0 Å². The topological polar surface area (TPSA) is 38.0 Å². The van der Waals surface area contributed by atoms with E-state index in [-0.39, 0.29) is 11.8 Å². The number of aryl methyl sites for hydroxylation is 1. The minimum atomic E-state index is 0.0469. The van der Waals surface area contributed by atoms with Gasteiger partial charge in [0.25, 0.3) is 0 Å². The van der Waals surface area contributed by atoms with Crippen molar-refractivity contribution in [2.75, 3.05) is 39.8 Å². The molecule has 1 aromatic rings. The summed E-state index contributed by atoms with van der Waals surface area (Å²) in [5.41, 5.74) is 2.62. The summed E-state index contributed by atoms with van der Waals surface area (Å²) in [4.78, 5) is 15.1. The van der Waals surface area contributed by atoms with Crippen molar-refractivity contribution in [1.82, 2.24) is 5.32 Å². The van der Waals surface area contributed by atoms with Crippen LogP contribution in [0.3, 0.4) is 0 Å². The molecule has 1 saturated heterocycles. The fourth-order valence-electron chi connectivity index (χ4n) is 3.05. The second-order valence-corrected chi connectivity index (χ2v) is 6.98. The first-order valence-corrected chi connectivity index (χ1v) is 8.47. The number of carbonyl (C=O) groups excluding carboxylic acids is 1. The van der Waals surface area contributed by atoms with E-state index in [0.717, 1.165) is 6.54 Å². The van der Waals surface area contributed by atoms with Crippen LogP contribution in [0.5, 0.6) is 0 Å². The molecule has 0 unspecified atom stereocenters. The molecule has 22 heavy (non-hydrogen) atoms. The van der Waals surface area contributed by atoms with Gasteiger partial charge < -0.3 is 15.1 Å². The molecule has 122 valence electrons. The van der Waals surface area contributed by atoms with Crippen LogP contribution in [0, 0.1) is 12.8 Å². The smallest absolute Gasteiger partial charge is 0.222 e. The van der Waals surface area contributed by atoms with Gasteiger partial charge in [-0.15, -0.1) is 0 Å². The van der Waals surface area contributed by atoms with Gasteiger partial charge in [-0.3, -0.25) is 4.79 Å². The Labute approximate surface area is 134 Å². The van der Waals surface area contributed by atoms with Crippen LogP contribution in [0.1, 0.15) is 31.0 Å². The standard InChI is InChI=1S/C18H29N3O/c1-14(2)18(22)19-13-17(16-7-5-15(3)6-8-16)21-11-9-20(4)10-12-21/h5-8,14,17H,9-13H2,1-4H3,(H,19,22)/p+2/t17-/m0/s1. The molecule has 0 bridgehead atoms. The average Bonchev–Trinajstić information content (AvgIpc) is 2.50. The summed E-state index contributed by atoms with van der Waals surface area (Å²) in [7, 11) is 2.26. The maximum Gasteiger partial charge on any atom is 0.222 e. The molecule has 1 atom stereocenters. The summed E-state index contributed by atoms with van der Waals surface area (Å²) >= 11 is 0. The molecule has 0 radical (unpaired) electrons. The van der Waals surface area contributed by atoms with E-state index in [1.807, 2.05) is 13.8 Å². The molecule has 0 aromatic heterocycles. The van der Waals surface area contributed by atoms with E-state index in [9.17, 15) is 4.79 Å². The van der Waals surface area contributed by atoms with Crippen LogP contribution in [-0.2, 0) is 4.79 Å². The molecular formula is C18H31N3O+2. The van der Waals surface area contributed by atoms with Gasteiger partial charge in [0, 0.05) is 11.5 Å². The van der Waals surface area contributed by atoms with Gasteiger partial charge in [-0.1, -0.05) is 43.7 Å². The third kappa shape index (κ3) is 4.55. The molecule has 0 aliphatic carbocycles. The molecule has 1 heterocycles. The fraction of sp³-hybridized carbons (Fsp3) is 0.611. The first-order chi connectivity index (χ1) is 10.5. The Bertz CT molecular complexity index is 476. The number of hydrogen-bond acceptors (Lipinski definition) is 1. The van der Waals surface area contributed by atoms with Crippen LogP contribution in [0.2, 0.25) is 0 Å². The van der Waals surface area contributed by atoms with E-state index >= 15 is 0 Å². The van der Waals surface area contributed by atoms with Crippen LogP contribution >= 0.6 is 0 Å².